The van der Waals surface area contributed by atoms with Crippen molar-refractivity contribution in [3.63, 3.8) is 0 Å². The lowest BCUT2D eigenvalue weighted by molar-refractivity contribution is -0.121. The molecule has 7 heteroatoms. The van der Waals surface area contributed by atoms with Crippen LogP contribution in [0.4, 0.5) is 0 Å². The maximum Gasteiger partial charge on any atom is 0.254 e. The van der Waals surface area contributed by atoms with Crippen LogP contribution in [0.25, 0.3) is 10.6 Å². The Kier molecular flexibility index (Phi) is 5.41. The van der Waals surface area contributed by atoms with Gasteiger partial charge in [-0.2, -0.15) is 0 Å². The summed E-state index contributed by atoms with van der Waals surface area (Å²) in [4.78, 5) is 29.3. The smallest absolute Gasteiger partial charge is 0.254 e. The minimum absolute atomic E-state index is 0.0408. The van der Waals surface area contributed by atoms with Crippen molar-refractivity contribution < 1.29 is 4.79 Å². The van der Waals surface area contributed by atoms with Crippen LogP contribution in [0.15, 0.2) is 59.0 Å². The lowest BCUT2D eigenvalue weighted by Crippen LogP contribution is -2.31. The first-order valence-corrected chi connectivity index (χ1v) is 9.19. The third kappa shape index (κ3) is 4.30. The monoisotopic (exact) mass is 451 g/mol. The first-order chi connectivity index (χ1) is 11.6. The summed E-state index contributed by atoms with van der Waals surface area (Å²) in [6.45, 7) is 0.395. The van der Waals surface area contributed by atoms with Crippen molar-refractivity contribution >= 4 is 39.8 Å². The molecule has 0 saturated carbocycles. The maximum atomic E-state index is 12.1. The van der Waals surface area contributed by atoms with Crippen LogP contribution in [0.3, 0.4) is 0 Å². The number of hydrogen-bond acceptors (Lipinski definition) is 4. The van der Waals surface area contributed by atoms with Gasteiger partial charge in [-0.3, -0.25) is 14.2 Å². The Bertz CT molecular complexity index is 889. The number of halogens is 1. The Morgan fingerprint density at radius 2 is 2.04 bits per heavy atom. The van der Waals surface area contributed by atoms with E-state index in [1.54, 1.807) is 0 Å². The molecule has 0 aliphatic heterocycles. The zero-order chi connectivity index (χ0) is 16.9. The molecule has 5 nitrogen and oxygen atoms in total. The van der Waals surface area contributed by atoms with Gasteiger partial charge in [0.2, 0.25) is 5.91 Å². The molecule has 1 amide bonds. The summed E-state index contributed by atoms with van der Waals surface area (Å²) in [6.07, 6.45) is 1.42. The standard InChI is InChI=1S/C17H14IN3O2S/c18-13-5-3-12(4-6-13)9-19-16(22)10-21-11-20-14(8-17(21)23)15-2-1-7-24-15/h1-8,11H,9-10H2,(H,19,22). The summed E-state index contributed by atoms with van der Waals surface area (Å²) < 4.78 is 2.45. The second kappa shape index (κ2) is 7.71. The van der Waals surface area contributed by atoms with Crippen molar-refractivity contribution in [2.45, 2.75) is 13.1 Å². The third-order valence-electron chi connectivity index (χ3n) is 3.37. The number of aromatic nitrogens is 2. The molecule has 0 spiro atoms. The van der Waals surface area contributed by atoms with Crippen LogP contribution >= 0.6 is 33.9 Å². The molecule has 0 aliphatic carbocycles. The van der Waals surface area contributed by atoms with Gasteiger partial charge in [-0.15, -0.1) is 11.3 Å². The van der Waals surface area contributed by atoms with Gasteiger partial charge >= 0.3 is 0 Å². The highest BCUT2D eigenvalue weighted by molar-refractivity contribution is 14.1. The molecule has 1 aromatic carbocycles. The number of nitrogens with zero attached hydrogens (tertiary/aromatic N) is 2. The average molecular weight is 451 g/mol. The zero-order valence-electron chi connectivity index (χ0n) is 12.6. The summed E-state index contributed by atoms with van der Waals surface area (Å²) in [5, 5.41) is 4.74. The van der Waals surface area contributed by atoms with Crippen LogP contribution in [-0.4, -0.2) is 15.5 Å². The molecular weight excluding hydrogens is 437 g/mol. The number of carbonyl (C=O) groups excluding carboxylic acids is 1. The lowest BCUT2D eigenvalue weighted by Gasteiger charge is -2.08. The van der Waals surface area contributed by atoms with E-state index in [0.717, 1.165) is 14.0 Å². The Hall–Kier alpha value is -2.00. The predicted molar refractivity (Wildman–Crippen MR) is 103 cm³/mol. The molecule has 2 heterocycles. The highest BCUT2D eigenvalue weighted by Gasteiger charge is 2.07. The van der Waals surface area contributed by atoms with Crippen LogP contribution in [0.1, 0.15) is 5.56 Å². The molecule has 0 atom stereocenters. The topological polar surface area (TPSA) is 64.0 Å². The second-order valence-electron chi connectivity index (χ2n) is 5.12. The minimum atomic E-state index is -0.238. The van der Waals surface area contributed by atoms with Crippen molar-refractivity contribution in [2.75, 3.05) is 0 Å². The van der Waals surface area contributed by atoms with Crippen molar-refractivity contribution in [3.05, 3.63) is 73.7 Å². The van der Waals surface area contributed by atoms with Gasteiger partial charge in [0, 0.05) is 16.2 Å². The number of benzene rings is 1. The van der Waals surface area contributed by atoms with E-state index in [0.29, 0.717) is 12.2 Å². The number of carbonyl (C=O) groups is 1. The summed E-state index contributed by atoms with van der Waals surface area (Å²) in [7, 11) is 0. The van der Waals surface area contributed by atoms with Gasteiger partial charge < -0.3 is 5.32 Å². The fourth-order valence-corrected chi connectivity index (χ4v) is 3.17. The summed E-state index contributed by atoms with van der Waals surface area (Å²) in [6, 6.07) is 13.2. The van der Waals surface area contributed by atoms with Gasteiger partial charge in [-0.05, 0) is 51.7 Å². The fraction of sp³-hybridized carbons (Fsp3) is 0.118. The first-order valence-electron chi connectivity index (χ1n) is 7.23. The Labute approximate surface area is 156 Å². The quantitative estimate of drug-likeness (QED) is 0.607. The third-order valence-corrected chi connectivity index (χ3v) is 4.98. The molecule has 0 fully saturated rings. The van der Waals surface area contributed by atoms with E-state index >= 15 is 0 Å². The first kappa shape index (κ1) is 16.8. The van der Waals surface area contributed by atoms with E-state index in [1.165, 1.54) is 28.3 Å². The lowest BCUT2D eigenvalue weighted by atomic mass is 10.2. The van der Waals surface area contributed by atoms with Crippen LogP contribution < -0.4 is 10.9 Å². The van der Waals surface area contributed by atoms with Crippen LogP contribution in [0, 0.1) is 3.57 Å². The normalized spacial score (nSPS) is 10.5. The molecule has 122 valence electrons. The Balaban J connectivity index is 1.62. The van der Waals surface area contributed by atoms with Crippen molar-refractivity contribution in [1.29, 1.82) is 0 Å². The van der Waals surface area contributed by atoms with E-state index in [4.69, 9.17) is 0 Å². The van der Waals surface area contributed by atoms with E-state index in [-0.39, 0.29) is 18.0 Å². The Morgan fingerprint density at radius 3 is 2.71 bits per heavy atom. The molecular formula is C17H14IN3O2S. The summed E-state index contributed by atoms with van der Waals surface area (Å²) >= 11 is 3.75. The van der Waals surface area contributed by atoms with Gasteiger partial charge in [-0.1, -0.05) is 18.2 Å². The molecule has 3 rings (SSSR count). The van der Waals surface area contributed by atoms with E-state index in [1.807, 2.05) is 41.8 Å². The summed E-state index contributed by atoms with van der Waals surface area (Å²) in [5.41, 5.74) is 1.41. The highest BCUT2D eigenvalue weighted by atomic mass is 127. The molecule has 3 aromatic rings. The highest BCUT2D eigenvalue weighted by Crippen LogP contribution is 2.20. The van der Waals surface area contributed by atoms with Gasteiger partial charge in [-0.25, -0.2) is 4.98 Å². The van der Waals surface area contributed by atoms with Crippen molar-refractivity contribution in [3.8, 4) is 10.6 Å². The number of hydrogen-bond donors (Lipinski definition) is 1. The SMILES string of the molecule is O=C(Cn1cnc(-c2cccs2)cc1=O)NCc1ccc(I)cc1. The summed E-state index contributed by atoms with van der Waals surface area (Å²) in [5.74, 6) is -0.221. The number of rotatable bonds is 5. The largest absolute Gasteiger partial charge is 0.350 e. The Morgan fingerprint density at radius 1 is 1.25 bits per heavy atom. The average Bonchev–Trinajstić information content (AvgIpc) is 3.11. The van der Waals surface area contributed by atoms with Gasteiger partial charge in [0.1, 0.15) is 6.54 Å². The minimum Gasteiger partial charge on any atom is -0.350 e. The van der Waals surface area contributed by atoms with E-state index < -0.39 is 0 Å². The molecule has 24 heavy (non-hydrogen) atoms. The molecule has 0 radical (unpaired) electrons. The molecule has 2 aromatic heterocycles. The molecule has 1 N–H and O–H groups in total. The number of thiophene rings is 1. The molecule has 0 unspecified atom stereocenters. The molecule has 0 bridgehead atoms. The van der Waals surface area contributed by atoms with Gasteiger partial charge in [0.25, 0.3) is 5.56 Å². The van der Waals surface area contributed by atoms with Crippen molar-refractivity contribution in [2.24, 2.45) is 0 Å². The fourth-order valence-electron chi connectivity index (χ4n) is 2.12. The predicted octanol–water partition coefficient (Wildman–Crippen LogP) is 2.89. The maximum absolute atomic E-state index is 12.1. The van der Waals surface area contributed by atoms with Gasteiger partial charge in [0.15, 0.2) is 0 Å². The van der Waals surface area contributed by atoms with E-state index in [9.17, 15) is 9.59 Å². The van der Waals surface area contributed by atoms with Crippen LogP contribution in [0.5, 0.6) is 0 Å². The zero-order valence-corrected chi connectivity index (χ0v) is 15.6. The number of nitrogens with one attached hydrogen (secondary N) is 1. The van der Waals surface area contributed by atoms with Crippen molar-refractivity contribution in [1.82, 2.24) is 14.9 Å². The van der Waals surface area contributed by atoms with Gasteiger partial charge in [0.05, 0.1) is 16.9 Å². The van der Waals surface area contributed by atoms with E-state index in [2.05, 4.69) is 32.9 Å². The number of amides is 1. The van der Waals surface area contributed by atoms with Crippen LogP contribution in [-0.2, 0) is 17.9 Å². The van der Waals surface area contributed by atoms with Crippen LogP contribution in [0.2, 0.25) is 0 Å². The molecule has 0 saturated heterocycles. The second-order valence-corrected chi connectivity index (χ2v) is 7.31. The molecule has 0 aliphatic rings.